The van der Waals surface area contributed by atoms with Crippen LogP contribution in [-0.2, 0) is 11.0 Å². The zero-order valence-electron chi connectivity index (χ0n) is 13.2. The summed E-state index contributed by atoms with van der Waals surface area (Å²) >= 11 is 0. The van der Waals surface area contributed by atoms with Crippen molar-refractivity contribution in [3.63, 3.8) is 0 Å². The Morgan fingerprint density at radius 2 is 1.96 bits per heavy atom. The van der Waals surface area contributed by atoms with E-state index in [2.05, 4.69) is 19.7 Å². The van der Waals surface area contributed by atoms with Gasteiger partial charge in [0.15, 0.2) is 0 Å². The normalized spacial score (nSPS) is 13.3. The van der Waals surface area contributed by atoms with Gasteiger partial charge < -0.3 is 14.8 Å². The van der Waals surface area contributed by atoms with Crippen LogP contribution in [0.15, 0.2) is 58.4 Å². The van der Waals surface area contributed by atoms with E-state index < -0.39 is 22.7 Å². The van der Waals surface area contributed by atoms with E-state index >= 15 is 0 Å². The van der Waals surface area contributed by atoms with Crippen molar-refractivity contribution in [2.24, 2.45) is 0 Å². The minimum Gasteiger partial charge on any atom is -0.493 e. The number of benzene rings is 1. The Labute approximate surface area is 145 Å². The molecule has 8 nitrogen and oxygen atoms in total. The van der Waals surface area contributed by atoms with Gasteiger partial charge in [0, 0.05) is 12.3 Å². The molecule has 9 heteroatoms. The van der Waals surface area contributed by atoms with Crippen LogP contribution in [0.2, 0.25) is 0 Å². The van der Waals surface area contributed by atoms with Crippen LogP contribution in [0.4, 0.5) is 0 Å². The average molecular weight is 360 g/mol. The number of imidazole rings is 1. The van der Waals surface area contributed by atoms with Gasteiger partial charge in [-0.3, -0.25) is 4.98 Å². The van der Waals surface area contributed by atoms with E-state index in [-0.39, 0.29) is 11.6 Å². The molecular weight excluding hydrogens is 344 g/mol. The number of nitrogens with one attached hydrogen (secondary N) is 3. The average Bonchev–Trinajstić information content (AvgIpc) is 2.95. The van der Waals surface area contributed by atoms with Gasteiger partial charge in [-0.05, 0) is 37.3 Å². The number of ether oxygens (including phenoxy) is 1. The van der Waals surface area contributed by atoms with Crippen LogP contribution in [0, 0.1) is 0 Å². The molecule has 0 bridgehead atoms. The topological polar surface area (TPSA) is 120 Å². The van der Waals surface area contributed by atoms with Gasteiger partial charge in [0.05, 0.1) is 16.6 Å². The predicted molar refractivity (Wildman–Crippen MR) is 91.8 cm³/mol. The smallest absolute Gasteiger partial charge is 0.326 e. The third kappa shape index (κ3) is 4.14. The Bertz CT molecular complexity index is 921. The second-order valence-corrected chi connectivity index (χ2v) is 6.44. The minimum atomic E-state index is -1.54. The third-order valence-electron chi connectivity index (χ3n) is 3.35. The van der Waals surface area contributed by atoms with E-state index in [1.165, 1.54) is 0 Å². The highest BCUT2D eigenvalue weighted by molar-refractivity contribution is 7.83. The minimum absolute atomic E-state index is 0.244. The number of aromatic amines is 2. The lowest BCUT2D eigenvalue weighted by Gasteiger charge is -2.12. The highest BCUT2D eigenvalue weighted by Crippen LogP contribution is 2.22. The maximum absolute atomic E-state index is 12.4. The number of pyridine rings is 1. The molecule has 130 valence electrons. The summed E-state index contributed by atoms with van der Waals surface area (Å²) in [4.78, 5) is 20.4. The van der Waals surface area contributed by atoms with Gasteiger partial charge >= 0.3 is 5.69 Å². The molecule has 0 aliphatic carbocycles. The number of H-pyrrole nitrogens is 2. The molecule has 1 aromatic carbocycles. The fourth-order valence-electron chi connectivity index (χ4n) is 2.15. The molecule has 0 saturated heterocycles. The molecule has 25 heavy (non-hydrogen) atoms. The molecule has 0 fully saturated rings. The maximum atomic E-state index is 12.4. The van der Waals surface area contributed by atoms with Gasteiger partial charge in [0.2, 0.25) is 11.8 Å². The molecular formula is C16H16N4O4S. The lowest BCUT2D eigenvalue weighted by atomic mass is 10.3. The lowest BCUT2D eigenvalue weighted by Crippen LogP contribution is -2.22. The van der Waals surface area contributed by atoms with Crippen molar-refractivity contribution in [2.45, 2.75) is 17.9 Å². The number of aromatic nitrogens is 3. The summed E-state index contributed by atoms with van der Waals surface area (Å²) < 4.78 is 20.8. The van der Waals surface area contributed by atoms with Gasteiger partial charge in [0.25, 0.3) is 0 Å². The van der Waals surface area contributed by atoms with Crippen LogP contribution in [0.3, 0.4) is 0 Å². The molecule has 1 unspecified atom stereocenters. The molecule has 3 rings (SSSR count). The van der Waals surface area contributed by atoms with E-state index in [1.807, 2.05) is 6.07 Å². The summed E-state index contributed by atoms with van der Waals surface area (Å²) in [5.74, 6) is 0.760. The third-order valence-corrected chi connectivity index (χ3v) is 4.62. The second-order valence-electron chi connectivity index (χ2n) is 5.19. The molecule has 2 heterocycles. The monoisotopic (exact) mass is 360 g/mol. The van der Waals surface area contributed by atoms with Gasteiger partial charge in [-0.2, -0.15) is 0 Å². The fourth-order valence-corrected chi connectivity index (χ4v) is 3.11. The Morgan fingerprint density at radius 1 is 1.20 bits per heavy atom. The van der Waals surface area contributed by atoms with Crippen LogP contribution in [0.1, 0.15) is 18.7 Å². The van der Waals surface area contributed by atoms with Crippen molar-refractivity contribution >= 4 is 11.0 Å². The predicted octanol–water partition coefficient (Wildman–Crippen LogP) is 1.97. The first-order chi connectivity index (χ1) is 12.0. The van der Waals surface area contributed by atoms with Gasteiger partial charge in [-0.15, -0.1) is 0 Å². The van der Waals surface area contributed by atoms with E-state index in [4.69, 9.17) is 4.74 Å². The van der Waals surface area contributed by atoms with Crippen molar-refractivity contribution in [3.05, 3.63) is 64.8 Å². The summed E-state index contributed by atoms with van der Waals surface area (Å²) in [6, 6.07) is 11.5. The van der Waals surface area contributed by atoms with Crippen LogP contribution in [-0.4, -0.2) is 24.3 Å². The van der Waals surface area contributed by atoms with Crippen LogP contribution >= 0.6 is 0 Å². The molecule has 0 radical (unpaired) electrons. The highest BCUT2D eigenvalue weighted by atomic mass is 32.2. The first kappa shape index (κ1) is 16.9. The molecule has 0 aliphatic rings. The van der Waals surface area contributed by atoms with Crippen LogP contribution in [0.25, 0.3) is 0 Å². The highest BCUT2D eigenvalue weighted by Gasteiger charge is 2.16. The molecule has 0 amide bonds. The van der Waals surface area contributed by atoms with Gasteiger partial charge in [-0.1, -0.05) is 6.07 Å². The molecule has 2 aromatic heterocycles. The molecule has 0 aliphatic heterocycles. The summed E-state index contributed by atoms with van der Waals surface area (Å²) in [6.07, 6.45) is 1.63. The number of hydrogen-bond acceptors (Lipinski definition) is 5. The first-order valence-electron chi connectivity index (χ1n) is 7.41. The van der Waals surface area contributed by atoms with E-state index in [0.717, 1.165) is 0 Å². The van der Waals surface area contributed by atoms with E-state index in [1.54, 1.807) is 49.5 Å². The number of nitrogens with zero attached hydrogens (tertiary/aromatic N) is 1. The SMILES string of the molecule is C[C@@H](NS(=O)c1ccc(Oc2ccccn2)cc1)c1[nH]c(=O)[nH]c1O. The van der Waals surface area contributed by atoms with E-state index in [0.29, 0.717) is 16.5 Å². The first-order valence-corrected chi connectivity index (χ1v) is 8.56. The maximum Gasteiger partial charge on any atom is 0.326 e. The van der Waals surface area contributed by atoms with Gasteiger partial charge in [0.1, 0.15) is 16.7 Å². The lowest BCUT2D eigenvalue weighted by molar-refractivity contribution is 0.442. The zero-order valence-corrected chi connectivity index (χ0v) is 14.0. The Kier molecular flexibility index (Phi) is 4.96. The van der Waals surface area contributed by atoms with Crippen molar-refractivity contribution in [3.8, 4) is 17.5 Å². The fraction of sp³-hybridized carbons (Fsp3) is 0.125. The Hall–Kier alpha value is -2.91. The van der Waals surface area contributed by atoms with Crippen molar-refractivity contribution in [1.29, 1.82) is 0 Å². The van der Waals surface area contributed by atoms with Crippen molar-refractivity contribution < 1.29 is 14.1 Å². The van der Waals surface area contributed by atoms with E-state index in [9.17, 15) is 14.1 Å². The standard InChI is InChI=1S/C16H16N4O4S/c1-10(14-15(21)19-16(22)18-14)20-25(23)12-7-5-11(6-8-12)24-13-4-2-3-9-17-13/h2-10,20-21H,1H3,(H2,18,19,22)/t10-,25?/m1/s1. The Morgan fingerprint density at radius 3 is 2.56 bits per heavy atom. The zero-order chi connectivity index (χ0) is 17.8. The summed E-state index contributed by atoms with van der Waals surface area (Å²) in [7, 11) is -1.54. The van der Waals surface area contributed by atoms with Crippen molar-refractivity contribution in [2.75, 3.05) is 0 Å². The summed E-state index contributed by atoms with van der Waals surface area (Å²) in [6.45, 7) is 1.68. The van der Waals surface area contributed by atoms with Gasteiger partial charge in [-0.25, -0.2) is 18.7 Å². The Balaban J connectivity index is 1.66. The van der Waals surface area contributed by atoms with Crippen molar-refractivity contribution in [1.82, 2.24) is 19.7 Å². The summed E-state index contributed by atoms with van der Waals surface area (Å²) in [5.41, 5.74) is -0.281. The molecule has 0 spiro atoms. The summed E-state index contributed by atoms with van der Waals surface area (Å²) in [5, 5.41) is 9.61. The largest absolute Gasteiger partial charge is 0.493 e. The quantitative estimate of drug-likeness (QED) is 0.536. The molecule has 0 saturated carbocycles. The number of hydrogen-bond donors (Lipinski definition) is 4. The number of rotatable bonds is 6. The molecule has 4 N–H and O–H groups in total. The molecule has 3 aromatic rings. The second kappa shape index (κ2) is 7.32. The van der Waals surface area contributed by atoms with Crippen LogP contribution < -0.4 is 15.1 Å². The number of aromatic hydroxyl groups is 1. The molecule has 2 atom stereocenters. The van der Waals surface area contributed by atoms with Crippen LogP contribution in [0.5, 0.6) is 17.5 Å².